The standard InChI is InChI=1S/C29H32N6O4S/c1-39-25-5-3-2-4-24(25)33-15-12-31(13-16-33)14-17-34-20-30-28-27(29(34)36)23-10-11-32(19-26(23)40-28)18-21-6-8-22(9-7-21)35(37)38/h2-9,20H,10-19H2,1H3. The highest BCUT2D eigenvalue weighted by Crippen LogP contribution is 2.33. The van der Waals surface area contributed by atoms with Crippen LogP contribution in [0.25, 0.3) is 10.2 Å². The number of rotatable bonds is 8. The van der Waals surface area contributed by atoms with Crippen molar-refractivity contribution in [2.24, 2.45) is 0 Å². The number of para-hydroxylation sites is 2. The fourth-order valence-corrected chi connectivity index (χ4v) is 6.92. The summed E-state index contributed by atoms with van der Waals surface area (Å²) in [5.74, 6) is 0.899. The van der Waals surface area contributed by atoms with Gasteiger partial charge in [-0.05, 0) is 29.7 Å². The molecule has 4 aromatic rings. The van der Waals surface area contributed by atoms with Crippen LogP contribution in [0.1, 0.15) is 16.0 Å². The Morgan fingerprint density at radius 3 is 2.52 bits per heavy atom. The topological polar surface area (TPSA) is 97.0 Å². The van der Waals surface area contributed by atoms with E-state index in [1.54, 1.807) is 41.5 Å². The van der Waals surface area contributed by atoms with E-state index in [1.165, 1.54) is 4.88 Å². The number of anilines is 1. The third-order valence-corrected chi connectivity index (χ3v) is 9.04. The minimum atomic E-state index is -0.377. The van der Waals surface area contributed by atoms with Gasteiger partial charge in [-0.2, -0.15) is 0 Å². The van der Waals surface area contributed by atoms with Crippen LogP contribution in [0.3, 0.4) is 0 Å². The second-order valence-corrected chi connectivity index (χ2v) is 11.4. The van der Waals surface area contributed by atoms with Crippen LogP contribution in [0.4, 0.5) is 11.4 Å². The lowest BCUT2D eigenvalue weighted by atomic mass is 10.0. The minimum Gasteiger partial charge on any atom is -0.495 e. The molecule has 0 radical (unpaired) electrons. The Kier molecular flexibility index (Phi) is 7.50. The van der Waals surface area contributed by atoms with Gasteiger partial charge in [-0.15, -0.1) is 11.3 Å². The second kappa shape index (κ2) is 11.4. The molecular formula is C29H32N6O4S. The quantitative estimate of drug-likeness (QED) is 0.238. The third-order valence-electron chi connectivity index (χ3n) is 7.92. The summed E-state index contributed by atoms with van der Waals surface area (Å²) < 4.78 is 7.30. The van der Waals surface area contributed by atoms with Crippen LogP contribution in [0.5, 0.6) is 5.75 Å². The molecule has 0 spiro atoms. The Hall–Kier alpha value is -3.80. The van der Waals surface area contributed by atoms with Crippen molar-refractivity contribution in [1.82, 2.24) is 19.4 Å². The molecule has 1 fully saturated rings. The number of ether oxygens (including phenoxy) is 1. The van der Waals surface area contributed by atoms with Crippen LogP contribution in [0.15, 0.2) is 59.7 Å². The van der Waals surface area contributed by atoms with E-state index in [0.29, 0.717) is 13.1 Å². The fraction of sp³-hybridized carbons (Fsp3) is 0.379. The molecule has 11 heteroatoms. The zero-order chi connectivity index (χ0) is 27.6. The minimum absolute atomic E-state index is 0.0546. The number of nitro benzene ring substituents is 1. The van der Waals surface area contributed by atoms with Crippen molar-refractivity contribution in [1.29, 1.82) is 0 Å². The lowest BCUT2D eigenvalue weighted by Gasteiger charge is -2.36. The van der Waals surface area contributed by atoms with Crippen molar-refractivity contribution in [3.05, 3.63) is 91.3 Å². The van der Waals surface area contributed by atoms with Gasteiger partial charge in [0.05, 0.1) is 29.4 Å². The van der Waals surface area contributed by atoms with Crippen LogP contribution >= 0.6 is 11.3 Å². The Morgan fingerprint density at radius 1 is 1.00 bits per heavy atom. The van der Waals surface area contributed by atoms with Gasteiger partial charge in [0, 0.05) is 75.9 Å². The third kappa shape index (κ3) is 5.32. The maximum atomic E-state index is 13.5. The van der Waals surface area contributed by atoms with Crippen molar-refractivity contribution < 1.29 is 9.66 Å². The largest absolute Gasteiger partial charge is 0.495 e. The molecule has 0 saturated carbocycles. The number of nitro groups is 1. The molecule has 0 aliphatic carbocycles. The van der Waals surface area contributed by atoms with Crippen LogP contribution < -0.4 is 15.2 Å². The van der Waals surface area contributed by atoms with Gasteiger partial charge in [0.1, 0.15) is 10.6 Å². The van der Waals surface area contributed by atoms with Crippen molar-refractivity contribution in [3.63, 3.8) is 0 Å². The van der Waals surface area contributed by atoms with E-state index in [9.17, 15) is 14.9 Å². The highest BCUT2D eigenvalue weighted by molar-refractivity contribution is 7.18. The lowest BCUT2D eigenvalue weighted by Crippen LogP contribution is -2.47. The van der Waals surface area contributed by atoms with Gasteiger partial charge in [0.2, 0.25) is 0 Å². The van der Waals surface area contributed by atoms with Gasteiger partial charge in [-0.25, -0.2) is 4.98 Å². The van der Waals surface area contributed by atoms with Gasteiger partial charge in [0.25, 0.3) is 11.2 Å². The van der Waals surface area contributed by atoms with Crippen molar-refractivity contribution in [3.8, 4) is 5.75 Å². The summed E-state index contributed by atoms with van der Waals surface area (Å²) in [5, 5.41) is 11.7. The van der Waals surface area contributed by atoms with E-state index in [-0.39, 0.29) is 16.2 Å². The summed E-state index contributed by atoms with van der Waals surface area (Å²) in [7, 11) is 1.71. The molecule has 2 aliphatic rings. The molecule has 0 N–H and O–H groups in total. The van der Waals surface area contributed by atoms with Gasteiger partial charge >= 0.3 is 0 Å². The normalized spacial score (nSPS) is 16.3. The summed E-state index contributed by atoms with van der Waals surface area (Å²) in [6.45, 7) is 7.43. The van der Waals surface area contributed by atoms with Crippen molar-refractivity contribution in [2.45, 2.75) is 26.1 Å². The zero-order valence-corrected chi connectivity index (χ0v) is 23.3. The highest BCUT2D eigenvalue weighted by Gasteiger charge is 2.25. The van der Waals surface area contributed by atoms with Gasteiger partial charge < -0.3 is 9.64 Å². The van der Waals surface area contributed by atoms with E-state index in [2.05, 4.69) is 25.8 Å². The Balaban J connectivity index is 1.09. The smallest absolute Gasteiger partial charge is 0.269 e. The maximum absolute atomic E-state index is 13.5. The highest BCUT2D eigenvalue weighted by atomic mass is 32.1. The van der Waals surface area contributed by atoms with Crippen LogP contribution in [0.2, 0.25) is 0 Å². The number of non-ortho nitro benzene ring substituents is 1. The molecule has 2 aromatic heterocycles. The number of fused-ring (bicyclic) bond motifs is 3. The van der Waals surface area contributed by atoms with E-state index >= 15 is 0 Å². The molecule has 0 amide bonds. The number of piperazine rings is 1. The van der Waals surface area contributed by atoms with Gasteiger partial charge in [-0.1, -0.05) is 24.3 Å². The molecular weight excluding hydrogens is 528 g/mol. The molecule has 2 aromatic carbocycles. The van der Waals surface area contributed by atoms with E-state index in [1.807, 2.05) is 30.3 Å². The molecule has 10 nitrogen and oxygen atoms in total. The van der Waals surface area contributed by atoms with E-state index in [0.717, 1.165) is 85.0 Å². The molecule has 1 saturated heterocycles. The summed E-state index contributed by atoms with van der Waals surface area (Å²) in [6, 6.07) is 14.9. The first kappa shape index (κ1) is 26.4. The van der Waals surface area contributed by atoms with Gasteiger partial charge in [-0.3, -0.25) is 29.3 Å². The summed E-state index contributed by atoms with van der Waals surface area (Å²) in [6.07, 6.45) is 2.50. The average Bonchev–Trinajstić information content (AvgIpc) is 3.36. The van der Waals surface area contributed by atoms with Gasteiger partial charge in [0.15, 0.2) is 0 Å². The first-order chi connectivity index (χ1) is 19.5. The molecule has 2 aliphatic heterocycles. The van der Waals surface area contributed by atoms with E-state index < -0.39 is 0 Å². The van der Waals surface area contributed by atoms with Crippen molar-refractivity contribution in [2.75, 3.05) is 51.3 Å². The first-order valence-electron chi connectivity index (χ1n) is 13.6. The maximum Gasteiger partial charge on any atom is 0.269 e. The Labute approximate surface area is 236 Å². The summed E-state index contributed by atoms with van der Waals surface area (Å²) >= 11 is 1.61. The molecule has 6 rings (SSSR count). The molecule has 4 heterocycles. The zero-order valence-electron chi connectivity index (χ0n) is 22.5. The van der Waals surface area contributed by atoms with Crippen molar-refractivity contribution >= 4 is 32.9 Å². The predicted octanol–water partition coefficient (Wildman–Crippen LogP) is 3.76. The summed E-state index contributed by atoms with van der Waals surface area (Å²) in [4.78, 5) is 37.8. The fourth-order valence-electron chi connectivity index (χ4n) is 5.70. The Morgan fingerprint density at radius 2 is 1.77 bits per heavy atom. The molecule has 0 unspecified atom stereocenters. The number of benzene rings is 2. The number of hydrogen-bond donors (Lipinski definition) is 0. The molecule has 208 valence electrons. The number of aromatic nitrogens is 2. The van der Waals surface area contributed by atoms with Crippen LogP contribution in [-0.4, -0.2) is 70.7 Å². The lowest BCUT2D eigenvalue weighted by molar-refractivity contribution is -0.384. The summed E-state index contributed by atoms with van der Waals surface area (Å²) in [5.41, 5.74) is 3.46. The molecule has 0 atom stereocenters. The van der Waals surface area contributed by atoms with Crippen LogP contribution in [-0.2, 0) is 26.1 Å². The number of nitrogens with zero attached hydrogens (tertiary/aromatic N) is 6. The number of thiophene rings is 1. The number of hydrogen-bond acceptors (Lipinski definition) is 9. The van der Waals surface area contributed by atoms with Crippen LogP contribution in [0, 0.1) is 10.1 Å². The first-order valence-corrected chi connectivity index (χ1v) is 14.4. The Bertz CT molecular complexity index is 1580. The molecule has 0 bridgehead atoms. The molecule has 40 heavy (non-hydrogen) atoms. The monoisotopic (exact) mass is 560 g/mol. The average molecular weight is 561 g/mol. The predicted molar refractivity (Wildman–Crippen MR) is 156 cm³/mol. The SMILES string of the molecule is COc1ccccc1N1CCN(CCn2cnc3sc4c(c3c2=O)CCN(Cc2ccc([N+](=O)[O-])cc2)C4)CC1. The van der Waals surface area contributed by atoms with E-state index in [4.69, 9.17) is 4.74 Å². The number of methoxy groups -OCH3 is 1. The second-order valence-electron chi connectivity index (χ2n) is 10.3.